The van der Waals surface area contributed by atoms with E-state index >= 15 is 0 Å². The zero-order valence-electron chi connectivity index (χ0n) is 16.0. The maximum atomic E-state index is 12.1. The van der Waals surface area contributed by atoms with Crippen LogP contribution >= 0.6 is 0 Å². The second kappa shape index (κ2) is 9.95. The number of amides is 1. The van der Waals surface area contributed by atoms with Crippen molar-refractivity contribution < 1.29 is 27.4 Å². The Labute approximate surface area is 164 Å². The van der Waals surface area contributed by atoms with Crippen molar-refractivity contribution in [3.63, 3.8) is 0 Å². The summed E-state index contributed by atoms with van der Waals surface area (Å²) in [5.74, 6) is 1.28. The second-order valence-corrected chi connectivity index (χ2v) is 7.52. The summed E-state index contributed by atoms with van der Waals surface area (Å²) in [5.41, 5.74) is 0.707. The van der Waals surface area contributed by atoms with E-state index in [1.165, 1.54) is 33.5 Å². The van der Waals surface area contributed by atoms with E-state index in [4.69, 9.17) is 14.2 Å². The summed E-state index contributed by atoms with van der Waals surface area (Å²) < 4.78 is 42.5. The van der Waals surface area contributed by atoms with Crippen molar-refractivity contribution >= 4 is 15.9 Å². The fourth-order valence-electron chi connectivity index (χ4n) is 2.49. The topological polar surface area (TPSA) is 103 Å². The lowest BCUT2D eigenvalue weighted by Gasteiger charge is -2.14. The Morgan fingerprint density at radius 3 is 2.14 bits per heavy atom. The molecule has 2 aromatic rings. The van der Waals surface area contributed by atoms with Crippen LogP contribution < -0.4 is 24.2 Å². The smallest absolute Gasteiger partial charge is 0.240 e. The zero-order valence-corrected chi connectivity index (χ0v) is 16.8. The van der Waals surface area contributed by atoms with Crippen molar-refractivity contribution in [3.05, 3.63) is 48.0 Å². The fourth-order valence-corrected chi connectivity index (χ4v) is 3.55. The van der Waals surface area contributed by atoms with Gasteiger partial charge >= 0.3 is 0 Å². The number of ether oxygens (including phenoxy) is 3. The lowest BCUT2D eigenvalue weighted by atomic mass is 10.1. The number of sulfonamides is 1. The lowest BCUT2D eigenvalue weighted by molar-refractivity contribution is -0.121. The van der Waals surface area contributed by atoms with Crippen LogP contribution in [0.25, 0.3) is 0 Å². The number of nitrogens with one attached hydrogen (secondary N) is 2. The van der Waals surface area contributed by atoms with E-state index in [9.17, 15) is 13.2 Å². The van der Waals surface area contributed by atoms with Gasteiger partial charge in [0.2, 0.25) is 15.9 Å². The summed E-state index contributed by atoms with van der Waals surface area (Å²) in [6.45, 7) is 0.194. The second-order valence-electron chi connectivity index (χ2n) is 5.76. The molecule has 0 aliphatic rings. The molecule has 0 atom stereocenters. The Hall–Kier alpha value is -2.78. The Kier molecular flexibility index (Phi) is 7.65. The van der Waals surface area contributed by atoms with Gasteiger partial charge in [0.05, 0.1) is 26.2 Å². The van der Waals surface area contributed by atoms with Gasteiger partial charge in [0, 0.05) is 31.1 Å². The van der Waals surface area contributed by atoms with Crippen LogP contribution in [-0.4, -0.2) is 42.2 Å². The predicted octanol–water partition coefficient (Wildman–Crippen LogP) is 1.70. The number of hydrogen-bond donors (Lipinski definition) is 2. The highest BCUT2D eigenvalue weighted by molar-refractivity contribution is 7.89. The van der Waals surface area contributed by atoms with E-state index in [-0.39, 0.29) is 30.3 Å². The van der Waals surface area contributed by atoms with Crippen molar-refractivity contribution in [2.75, 3.05) is 27.9 Å². The van der Waals surface area contributed by atoms with E-state index in [1.54, 1.807) is 30.3 Å². The number of hydrogen-bond acceptors (Lipinski definition) is 6. The average Bonchev–Trinajstić information content (AvgIpc) is 2.72. The third-order valence-corrected chi connectivity index (χ3v) is 5.44. The average molecular weight is 408 g/mol. The molecular formula is C19H24N2O6S. The summed E-state index contributed by atoms with van der Waals surface area (Å²) in [6.07, 6.45) is 0.00166. The monoisotopic (exact) mass is 408 g/mol. The molecule has 152 valence electrons. The van der Waals surface area contributed by atoms with Gasteiger partial charge in [-0.15, -0.1) is 0 Å². The van der Waals surface area contributed by atoms with Gasteiger partial charge < -0.3 is 19.5 Å². The number of carbonyl (C=O) groups excluding carboxylic acids is 1. The Morgan fingerprint density at radius 2 is 1.54 bits per heavy atom. The molecule has 0 spiro atoms. The molecule has 0 saturated heterocycles. The highest BCUT2D eigenvalue weighted by Crippen LogP contribution is 2.34. The van der Waals surface area contributed by atoms with Gasteiger partial charge in [-0.25, -0.2) is 13.1 Å². The molecule has 0 unspecified atom stereocenters. The molecule has 1 amide bonds. The Morgan fingerprint density at radius 1 is 0.929 bits per heavy atom. The van der Waals surface area contributed by atoms with Gasteiger partial charge in [0.25, 0.3) is 0 Å². The molecule has 0 fully saturated rings. The zero-order chi connectivity index (χ0) is 20.6. The first-order valence-corrected chi connectivity index (χ1v) is 10.00. The molecule has 0 aliphatic carbocycles. The molecule has 0 aliphatic heterocycles. The van der Waals surface area contributed by atoms with Crippen molar-refractivity contribution in [2.24, 2.45) is 0 Å². The summed E-state index contributed by atoms with van der Waals surface area (Å²) in [6, 6.07) is 11.4. The first-order chi connectivity index (χ1) is 13.4. The van der Waals surface area contributed by atoms with Gasteiger partial charge in [0.15, 0.2) is 11.5 Å². The highest BCUT2D eigenvalue weighted by atomic mass is 32.2. The van der Waals surface area contributed by atoms with E-state index in [0.717, 1.165) is 0 Å². The largest absolute Gasteiger partial charge is 0.496 e. The van der Waals surface area contributed by atoms with Crippen LogP contribution in [0, 0.1) is 0 Å². The third-order valence-electron chi connectivity index (χ3n) is 3.96. The molecule has 2 rings (SSSR count). The summed E-state index contributed by atoms with van der Waals surface area (Å²) in [5, 5.41) is 2.74. The first-order valence-electron chi connectivity index (χ1n) is 8.51. The minimum atomic E-state index is -3.63. The normalized spacial score (nSPS) is 11.0. The molecule has 0 bridgehead atoms. The molecule has 2 aromatic carbocycles. The third kappa shape index (κ3) is 5.61. The quantitative estimate of drug-likeness (QED) is 0.620. The summed E-state index contributed by atoms with van der Waals surface area (Å²) in [7, 11) is 0.930. The van der Waals surface area contributed by atoms with E-state index in [0.29, 0.717) is 22.8 Å². The number of rotatable bonds is 10. The predicted molar refractivity (Wildman–Crippen MR) is 104 cm³/mol. The molecule has 0 heterocycles. The number of methoxy groups -OCH3 is 3. The summed E-state index contributed by atoms with van der Waals surface area (Å²) >= 11 is 0. The fraction of sp³-hybridized carbons (Fsp3) is 0.316. The van der Waals surface area contributed by atoms with Gasteiger partial charge in [-0.05, 0) is 18.2 Å². The molecule has 28 heavy (non-hydrogen) atoms. The van der Waals surface area contributed by atoms with Crippen LogP contribution in [0.5, 0.6) is 17.2 Å². The molecule has 2 N–H and O–H groups in total. The van der Waals surface area contributed by atoms with E-state index in [1.807, 2.05) is 0 Å². The molecule has 0 radical (unpaired) electrons. The number of benzene rings is 2. The van der Waals surface area contributed by atoms with Crippen LogP contribution in [0.2, 0.25) is 0 Å². The molecule has 9 heteroatoms. The van der Waals surface area contributed by atoms with Crippen LogP contribution in [0.4, 0.5) is 0 Å². The van der Waals surface area contributed by atoms with Crippen molar-refractivity contribution in [1.82, 2.24) is 10.0 Å². The SMILES string of the molecule is COc1cc(OC)c(OC)cc1CNC(=O)CCNS(=O)(=O)c1ccccc1. The van der Waals surface area contributed by atoms with Crippen LogP contribution in [0.1, 0.15) is 12.0 Å². The first kappa shape index (κ1) is 21.5. The van der Waals surface area contributed by atoms with Crippen molar-refractivity contribution in [2.45, 2.75) is 17.9 Å². The highest BCUT2D eigenvalue weighted by Gasteiger charge is 2.15. The Bertz CT molecular complexity index is 900. The Balaban J connectivity index is 1.91. The lowest BCUT2D eigenvalue weighted by Crippen LogP contribution is -2.30. The van der Waals surface area contributed by atoms with Gasteiger partial charge in [-0.3, -0.25) is 4.79 Å². The standard InChI is InChI=1S/C19H24N2O6S/c1-25-16-12-18(27-3)17(26-2)11-14(16)13-20-19(22)9-10-21-28(23,24)15-7-5-4-6-8-15/h4-8,11-12,21H,9-10,13H2,1-3H3,(H,20,22). The van der Waals surface area contributed by atoms with Crippen LogP contribution in [0.3, 0.4) is 0 Å². The van der Waals surface area contributed by atoms with Crippen molar-refractivity contribution in [1.29, 1.82) is 0 Å². The maximum Gasteiger partial charge on any atom is 0.240 e. The molecule has 8 nitrogen and oxygen atoms in total. The summed E-state index contributed by atoms with van der Waals surface area (Å²) in [4.78, 5) is 12.2. The van der Waals surface area contributed by atoms with Crippen molar-refractivity contribution in [3.8, 4) is 17.2 Å². The van der Waals surface area contributed by atoms with Crippen LogP contribution in [0.15, 0.2) is 47.4 Å². The molecule has 0 aromatic heterocycles. The van der Waals surface area contributed by atoms with Crippen LogP contribution in [-0.2, 0) is 21.4 Å². The van der Waals surface area contributed by atoms with Gasteiger partial charge in [-0.1, -0.05) is 18.2 Å². The molecular weight excluding hydrogens is 384 g/mol. The van der Waals surface area contributed by atoms with Gasteiger partial charge in [0.1, 0.15) is 5.75 Å². The molecule has 0 saturated carbocycles. The number of carbonyl (C=O) groups is 1. The van der Waals surface area contributed by atoms with E-state index in [2.05, 4.69) is 10.0 Å². The van der Waals surface area contributed by atoms with E-state index < -0.39 is 10.0 Å². The minimum Gasteiger partial charge on any atom is -0.496 e. The van der Waals surface area contributed by atoms with Gasteiger partial charge in [-0.2, -0.15) is 0 Å². The minimum absolute atomic E-state index is 0.00166. The maximum absolute atomic E-state index is 12.1.